The molecule has 0 unspecified atom stereocenters. The second-order valence-corrected chi connectivity index (χ2v) is 10.3. The van der Waals surface area contributed by atoms with E-state index in [0.29, 0.717) is 13.1 Å². The van der Waals surface area contributed by atoms with Crippen LogP contribution in [0.15, 0.2) is 72.8 Å². The molecule has 1 aliphatic rings. The lowest BCUT2D eigenvalue weighted by molar-refractivity contribution is 0.0746. The Kier molecular flexibility index (Phi) is 7.63. The fourth-order valence-electron chi connectivity index (χ4n) is 4.38. The first-order valence-corrected chi connectivity index (χ1v) is 12.6. The van der Waals surface area contributed by atoms with Gasteiger partial charge in [-0.1, -0.05) is 52.0 Å². The SMILES string of the molecule is CCc1cccc(NC(=O)Nc2ccc(N3CCN(C(=O)c4ccc(C(C)(C)C)cc4)CC3)cc2)c1. The number of anilines is 3. The van der Waals surface area contributed by atoms with E-state index in [-0.39, 0.29) is 17.4 Å². The van der Waals surface area contributed by atoms with E-state index in [1.807, 2.05) is 65.6 Å². The molecule has 2 N–H and O–H groups in total. The number of aryl methyl sites for hydroxylation is 1. The van der Waals surface area contributed by atoms with Crippen LogP contribution in [0.3, 0.4) is 0 Å². The maximum Gasteiger partial charge on any atom is 0.323 e. The Morgan fingerprint density at radius 2 is 1.44 bits per heavy atom. The Balaban J connectivity index is 1.28. The van der Waals surface area contributed by atoms with E-state index in [4.69, 9.17) is 0 Å². The molecule has 188 valence electrons. The van der Waals surface area contributed by atoms with Crippen molar-refractivity contribution < 1.29 is 9.59 Å². The molecule has 0 radical (unpaired) electrons. The number of amides is 3. The van der Waals surface area contributed by atoms with Crippen LogP contribution in [0, 0.1) is 0 Å². The van der Waals surface area contributed by atoms with Gasteiger partial charge in [-0.15, -0.1) is 0 Å². The highest BCUT2D eigenvalue weighted by Gasteiger charge is 2.23. The van der Waals surface area contributed by atoms with Crippen molar-refractivity contribution in [2.75, 3.05) is 41.7 Å². The van der Waals surface area contributed by atoms with Gasteiger partial charge < -0.3 is 20.4 Å². The highest BCUT2D eigenvalue weighted by molar-refractivity contribution is 5.99. The van der Waals surface area contributed by atoms with Crippen molar-refractivity contribution in [3.63, 3.8) is 0 Å². The molecule has 0 aromatic heterocycles. The molecule has 0 aliphatic carbocycles. The van der Waals surface area contributed by atoms with E-state index in [9.17, 15) is 9.59 Å². The van der Waals surface area contributed by atoms with Gasteiger partial charge in [-0.05, 0) is 71.5 Å². The Morgan fingerprint density at radius 1 is 0.806 bits per heavy atom. The molecule has 0 atom stereocenters. The lowest BCUT2D eigenvalue weighted by Crippen LogP contribution is -2.48. The second kappa shape index (κ2) is 10.9. The van der Waals surface area contributed by atoms with Gasteiger partial charge in [-0.25, -0.2) is 4.79 Å². The van der Waals surface area contributed by atoms with E-state index in [0.717, 1.165) is 42.1 Å². The summed E-state index contributed by atoms with van der Waals surface area (Å²) in [5.41, 5.74) is 5.81. The summed E-state index contributed by atoms with van der Waals surface area (Å²) >= 11 is 0. The molecule has 3 aromatic carbocycles. The van der Waals surface area contributed by atoms with Crippen molar-refractivity contribution in [2.24, 2.45) is 0 Å². The van der Waals surface area contributed by atoms with E-state index < -0.39 is 0 Å². The standard InChI is InChI=1S/C30H36N4O2/c1-5-22-7-6-8-26(21-22)32-29(36)31-25-13-15-27(16-14-25)33-17-19-34(20-18-33)28(35)23-9-11-24(12-10-23)30(2,3)4/h6-16,21H,5,17-20H2,1-4H3,(H2,31,32,36). The molecule has 1 heterocycles. The van der Waals surface area contributed by atoms with Gasteiger partial charge in [0, 0.05) is 48.8 Å². The third-order valence-corrected chi connectivity index (χ3v) is 6.65. The number of nitrogens with one attached hydrogen (secondary N) is 2. The number of hydrogen-bond acceptors (Lipinski definition) is 3. The lowest BCUT2D eigenvalue weighted by atomic mass is 9.86. The zero-order valence-electron chi connectivity index (χ0n) is 21.7. The molecular formula is C30H36N4O2. The first-order valence-electron chi connectivity index (χ1n) is 12.6. The smallest absolute Gasteiger partial charge is 0.323 e. The third-order valence-electron chi connectivity index (χ3n) is 6.65. The van der Waals surface area contributed by atoms with Crippen molar-refractivity contribution >= 4 is 29.0 Å². The van der Waals surface area contributed by atoms with Crippen molar-refractivity contribution in [3.8, 4) is 0 Å². The Morgan fingerprint density at radius 3 is 2.06 bits per heavy atom. The number of carbonyl (C=O) groups excluding carboxylic acids is 2. The Labute approximate surface area is 214 Å². The topological polar surface area (TPSA) is 64.7 Å². The van der Waals surface area contributed by atoms with Gasteiger partial charge >= 0.3 is 6.03 Å². The van der Waals surface area contributed by atoms with E-state index in [1.54, 1.807) is 0 Å². The first-order chi connectivity index (χ1) is 17.2. The fourth-order valence-corrected chi connectivity index (χ4v) is 4.38. The summed E-state index contributed by atoms with van der Waals surface area (Å²) in [6.07, 6.45) is 0.922. The summed E-state index contributed by atoms with van der Waals surface area (Å²) in [7, 11) is 0. The molecule has 3 amide bonds. The lowest BCUT2D eigenvalue weighted by Gasteiger charge is -2.36. The summed E-state index contributed by atoms with van der Waals surface area (Å²) in [4.78, 5) is 29.6. The predicted molar refractivity (Wildman–Crippen MR) is 148 cm³/mol. The molecule has 6 heteroatoms. The van der Waals surface area contributed by atoms with Crippen molar-refractivity contribution in [1.82, 2.24) is 4.90 Å². The predicted octanol–water partition coefficient (Wildman–Crippen LogP) is 6.15. The number of rotatable bonds is 5. The van der Waals surface area contributed by atoms with Crippen LogP contribution in [-0.2, 0) is 11.8 Å². The zero-order chi connectivity index (χ0) is 25.7. The van der Waals surface area contributed by atoms with Gasteiger partial charge in [0.05, 0.1) is 0 Å². The van der Waals surface area contributed by atoms with Crippen molar-refractivity contribution in [2.45, 2.75) is 39.5 Å². The number of benzene rings is 3. The Hall–Kier alpha value is -3.80. The molecule has 1 aliphatic heterocycles. The number of nitrogens with zero attached hydrogens (tertiary/aromatic N) is 2. The molecule has 36 heavy (non-hydrogen) atoms. The number of carbonyl (C=O) groups is 2. The van der Waals surface area contributed by atoms with Crippen LogP contribution in [0.25, 0.3) is 0 Å². The average molecular weight is 485 g/mol. The average Bonchev–Trinajstić information content (AvgIpc) is 2.88. The van der Waals surface area contributed by atoms with Crippen LogP contribution >= 0.6 is 0 Å². The maximum absolute atomic E-state index is 13.0. The molecule has 3 aromatic rings. The molecule has 0 spiro atoms. The zero-order valence-corrected chi connectivity index (χ0v) is 21.7. The fraction of sp³-hybridized carbons (Fsp3) is 0.333. The van der Waals surface area contributed by atoms with Crippen LogP contribution in [0.5, 0.6) is 0 Å². The summed E-state index contributed by atoms with van der Waals surface area (Å²) in [5.74, 6) is 0.0881. The van der Waals surface area contributed by atoms with Crippen LogP contribution in [0.2, 0.25) is 0 Å². The van der Waals surface area contributed by atoms with Gasteiger partial charge in [0.15, 0.2) is 0 Å². The van der Waals surface area contributed by atoms with E-state index in [1.165, 1.54) is 11.1 Å². The largest absolute Gasteiger partial charge is 0.368 e. The summed E-state index contributed by atoms with van der Waals surface area (Å²) in [6, 6.07) is 23.4. The van der Waals surface area contributed by atoms with Crippen LogP contribution in [-0.4, -0.2) is 43.0 Å². The van der Waals surface area contributed by atoms with E-state index in [2.05, 4.69) is 55.4 Å². The quantitative estimate of drug-likeness (QED) is 0.456. The monoisotopic (exact) mass is 484 g/mol. The van der Waals surface area contributed by atoms with Crippen LogP contribution in [0.1, 0.15) is 49.2 Å². The van der Waals surface area contributed by atoms with Crippen molar-refractivity contribution in [3.05, 3.63) is 89.5 Å². The molecular weight excluding hydrogens is 448 g/mol. The van der Waals surface area contributed by atoms with Gasteiger partial charge in [0.2, 0.25) is 0 Å². The minimum atomic E-state index is -0.265. The summed E-state index contributed by atoms with van der Waals surface area (Å²) in [5, 5.41) is 5.77. The van der Waals surface area contributed by atoms with Gasteiger partial charge in [0.25, 0.3) is 5.91 Å². The second-order valence-electron chi connectivity index (χ2n) is 10.3. The number of hydrogen-bond donors (Lipinski definition) is 2. The Bertz CT molecular complexity index is 1190. The van der Waals surface area contributed by atoms with Gasteiger partial charge in [-0.3, -0.25) is 4.79 Å². The maximum atomic E-state index is 13.0. The molecule has 1 fully saturated rings. The van der Waals surface area contributed by atoms with Crippen molar-refractivity contribution in [1.29, 1.82) is 0 Å². The van der Waals surface area contributed by atoms with E-state index >= 15 is 0 Å². The van der Waals surface area contributed by atoms with Crippen LogP contribution in [0.4, 0.5) is 21.9 Å². The number of urea groups is 1. The first kappa shape index (κ1) is 25.3. The molecule has 0 bridgehead atoms. The molecule has 6 nitrogen and oxygen atoms in total. The number of piperazine rings is 1. The van der Waals surface area contributed by atoms with Gasteiger partial charge in [-0.2, -0.15) is 0 Å². The highest BCUT2D eigenvalue weighted by atomic mass is 16.2. The normalized spacial score (nSPS) is 13.9. The third kappa shape index (κ3) is 6.25. The minimum Gasteiger partial charge on any atom is -0.368 e. The highest BCUT2D eigenvalue weighted by Crippen LogP contribution is 2.24. The van der Waals surface area contributed by atoms with Crippen LogP contribution < -0.4 is 15.5 Å². The molecule has 1 saturated heterocycles. The molecule has 0 saturated carbocycles. The summed E-state index contributed by atoms with van der Waals surface area (Å²) in [6.45, 7) is 11.5. The molecule has 4 rings (SSSR count). The minimum absolute atomic E-state index is 0.0721. The van der Waals surface area contributed by atoms with Gasteiger partial charge in [0.1, 0.15) is 0 Å². The summed E-state index contributed by atoms with van der Waals surface area (Å²) < 4.78 is 0.